The standard InChI is InChI=1S/C51H31N3OS/c1-4-14-32(15-5-1)34-26-28-36(29-27-34)50-52-49(35-18-8-3-9-19-35)53-51(54-50)42-24-13-22-40-39-21-12-23-41(47(39)56-48(40)42)44-31-37(33-16-6-2-7-17-33)30-43-38-20-10-11-25-45(38)55-46(43)44/h1-31H. The van der Waals surface area contributed by atoms with Crippen molar-refractivity contribution in [3.63, 3.8) is 0 Å². The highest BCUT2D eigenvalue weighted by Gasteiger charge is 2.21. The number of fused-ring (bicyclic) bond motifs is 6. The van der Waals surface area contributed by atoms with Crippen LogP contribution in [-0.4, -0.2) is 15.0 Å². The van der Waals surface area contributed by atoms with Crippen LogP contribution >= 0.6 is 11.3 Å². The van der Waals surface area contributed by atoms with E-state index in [0.29, 0.717) is 17.5 Å². The number of hydrogen-bond acceptors (Lipinski definition) is 5. The Morgan fingerprint density at radius 3 is 1.48 bits per heavy atom. The minimum absolute atomic E-state index is 0.636. The van der Waals surface area contributed by atoms with Crippen molar-refractivity contribution < 1.29 is 4.42 Å². The van der Waals surface area contributed by atoms with Gasteiger partial charge in [0.1, 0.15) is 11.2 Å². The van der Waals surface area contributed by atoms with Crippen LogP contribution in [0.3, 0.4) is 0 Å². The third-order valence-electron chi connectivity index (χ3n) is 10.6. The Morgan fingerprint density at radius 2 is 0.804 bits per heavy atom. The van der Waals surface area contributed by atoms with Crippen LogP contribution in [-0.2, 0) is 0 Å². The molecule has 0 amide bonds. The van der Waals surface area contributed by atoms with Crippen molar-refractivity contribution in [2.75, 3.05) is 0 Å². The number of benzene rings is 8. The molecule has 3 aromatic heterocycles. The van der Waals surface area contributed by atoms with E-state index in [1.807, 2.05) is 30.3 Å². The fourth-order valence-electron chi connectivity index (χ4n) is 7.82. The van der Waals surface area contributed by atoms with Crippen molar-refractivity contribution in [1.29, 1.82) is 0 Å². The van der Waals surface area contributed by atoms with E-state index in [1.54, 1.807) is 11.3 Å². The number of rotatable bonds is 6. The molecule has 0 aliphatic carbocycles. The first-order valence-corrected chi connectivity index (χ1v) is 19.5. The average molecular weight is 734 g/mol. The van der Waals surface area contributed by atoms with E-state index < -0.39 is 0 Å². The maximum absolute atomic E-state index is 6.67. The quantitative estimate of drug-likeness (QED) is 0.171. The summed E-state index contributed by atoms with van der Waals surface area (Å²) in [7, 11) is 0. The maximum atomic E-state index is 6.67. The largest absolute Gasteiger partial charge is 0.455 e. The Morgan fingerprint density at radius 1 is 0.321 bits per heavy atom. The predicted molar refractivity (Wildman–Crippen MR) is 233 cm³/mol. The van der Waals surface area contributed by atoms with Gasteiger partial charge in [-0.05, 0) is 46.5 Å². The predicted octanol–water partition coefficient (Wildman–Crippen LogP) is 14.1. The van der Waals surface area contributed by atoms with Crippen molar-refractivity contribution in [2.24, 2.45) is 0 Å². The number of thiophene rings is 1. The van der Waals surface area contributed by atoms with Crippen LogP contribution in [0.5, 0.6) is 0 Å². The van der Waals surface area contributed by atoms with Gasteiger partial charge < -0.3 is 4.42 Å². The van der Waals surface area contributed by atoms with E-state index in [0.717, 1.165) is 65.6 Å². The molecule has 0 saturated carbocycles. The number of aromatic nitrogens is 3. The zero-order valence-corrected chi connectivity index (χ0v) is 30.9. The molecule has 8 aromatic carbocycles. The third-order valence-corrected chi connectivity index (χ3v) is 11.8. The molecule has 56 heavy (non-hydrogen) atoms. The number of nitrogens with zero attached hydrogens (tertiary/aromatic N) is 3. The highest BCUT2D eigenvalue weighted by molar-refractivity contribution is 7.26. The molecule has 4 nitrogen and oxygen atoms in total. The molecule has 0 unspecified atom stereocenters. The smallest absolute Gasteiger partial charge is 0.165 e. The number of hydrogen-bond donors (Lipinski definition) is 0. The van der Waals surface area contributed by atoms with Gasteiger partial charge in [0.2, 0.25) is 0 Å². The summed E-state index contributed by atoms with van der Waals surface area (Å²) in [4.78, 5) is 15.4. The second-order valence-electron chi connectivity index (χ2n) is 13.9. The van der Waals surface area contributed by atoms with Gasteiger partial charge in [-0.15, -0.1) is 11.3 Å². The van der Waals surface area contributed by atoms with Crippen molar-refractivity contribution >= 4 is 53.4 Å². The van der Waals surface area contributed by atoms with E-state index in [1.165, 1.54) is 26.6 Å². The Balaban J connectivity index is 1.11. The number of para-hydroxylation sites is 1. The number of furan rings is 1. The summed E-state index contributed by atoms with van der Waals surface area (Å²) in [5.74, 6) is 1.92. The molecule has 0 saturated heterocycles. The van der Waals surface area contributed by atoms with Gasteiger partial charge in [0.15, 0.2) is 17.5 Å². The van der Waals surface area contributed by atoms with E-state index >= 15 is 0 Å². The summed E-state index contributed by atoms with van der Waals surface area (Å²) in [6.45, 7) is 0. The molecule has 0 N–H and O–H groups in total. The molecule has 5 heteroatoms. The fourth-order valence-corrected chi connectivity index (χ4v) is 9.15. The molecule has 0 spiro atoms. The van der Waals surface area contributed by atoms with Crippen molar-refractivity contribution in [1.82, 2.24) is 15.0 Å². The Bertz CT molecular complexity index is 3230. The second-order valence-corrected chi connectivity index (χ2v) is 15.0. The molecule has 0 bridgehead atoms. The molecule has 0 atom stereocenters. The van der Waals surface area contributed by atoms with Crippen molar-refractivity contribution in [3.05, 3.63) is 188 Å². The second kappa shape index (κ2) is 13.3. The molecule has 11 aromatic rings. The fraction of sp³-hybridized carbons (Fsp3) is 0. The summed E-state index contributed by atoms with van der Waals surface area (Å²) >= 11 is 1.78. The first kappa shape index (κ1) is 32.2. The van der Waals surface area contributed by atoms with Crippen LogP contribution in [0.15, 0.2) is 192 Å². The van der Waals surface area contributed by atoms with Gasteiger partial charge in [-0.1, -0.05) is 164 Å². The highest BCUT2D eigenvalue weighted by atomic mass is 32.1. The van der Waals surface area contributed by atoms with Gasteiger partial charge in [-0.25, -0.2) is 15.0 Å². The molecular weight excluding hydrogens is 703 g/mol. The zero-order valence-electron chi connectivity index (χ0n) is 30.1. The van der Waals surface area contributed by atoms with Crippen molar-refractivity contribution in [2.45, 2.75) is 0 Å². The van der Waals surface area contributed by atoms with Gasteiger partial charge in [0.25, 0.3) is 0 Å². The summed E-state index contributed by atoms with van der Waals surface area (Å²) < 4.78 is 8.99. The van der Waals surface area contributed by atoms with Crippen LogP contribution in [0.4, 0.5) is 0 Å². The summed E-state index contributed by atoms with van der Waals surface area (Å²) in [6, 6.07) is 65.6. The van der Waals surface area contributed by atoms with Gasteiger partial charge in [0.05, 0.1) is 0 Å². The molecule has 0 aliphatic heterocycles. The lowest BCUT2D eigenvalue weighted by atomic mass is 9.95. The average Bonchev–Trinajstić information content (AvgIpc) is 3.86. The molecule has 11 rings (SSSR count). The Kier molecular flexibility index (Phi) is 7.64. The van der Waals surface area contributed by atoms with Gasteiger partial charge >= 0.3 is 0 Å². The van der Waals surface area contributed by atoms with Gasteiger partial charge in [-0.2, -0.15) is 0 Å². The van der Waals surface area contributed by atoms with Crippen LogP contribution in [0.25, 0.3) is 110 Å². The van der Waals surface area contributed by atoms with E-state index in [2.05, 4.69) is 158 Å². The summed E-state index contributed by atoms with van der Waals surface area (Å²) in [6.07, 6.45) is 0. The van der Waals surface area contributed by atoms with Crippen LogP contribution in [0.1, 0.15) is 0 Å². The third kappa shape index (κ3) is 5.48. The van der Waals surface area contributed by atoms with Crippen LogP contribution in [0, 0.1) is 0 Å². The minimum atomic E-state index is 0.636. The molecule has 3 heterocycles. The molecule has 0 fully saturated rings. The Labute approximate surface area is 327 Å². The van der Waals surface area contributed by atoms with E-state index in [-0.39, 0.29) is 0 Å². The minimum Gasteiger partial charge on any atom is -0.455 e. The van der Waals surface area contributed by atoms with E-state index in [4.69, 9.17) is 19.4 Å². The Hall–Kier alpha value is -7.21. The topological polar surface area (TPSA) is 51.8 Å². The molecule has 0 radical (unpaired) electrons. The van der Waals surface area contributed by atoms with E-state index in [9.17, 15) is 0 Å². The molecule has 0 aliphatic rings. The lowest BCUT2D eigenvalue weighted by Gasteiger charge is -2.10. The first-order chi connectivity index (χ1) is 27.7. The summed E-state index contributed by atoms with van der Waals surface area (Å²) in [5, 5.41) is 4.58. The lowest BCUT2D eigenvalue weighted by molar-refractivity contribution is 0.670. The highest BCUT2D eigenvalue weighted by Crippen LogP contribution is 2.47. The first-order valence-electron chi connectivity index (χ1n) is 18.7. The molecule has 262 valence electrons. The normalized spacial score (nSPS) is 11.6. The zero-order chi connectivity index (χ0) is 37.0. The summed E-state index contributed by atoms with van der Waals surface area (Å²) in [5.41, 5.74) is 11.5. The maximum Gasteiger partial charge on any atom is 0.165 e. The van der Waals surface area contributed by atoms with Crippen LogP contribution in [0.2, 0.25) is 0 Å². The monoisotopic (exact) mass is 733 g/mol. The van der Waals surface area contributed by atoms with Gasteiger partial charge in [-0.3, -0.25) is 0 Å². The lowest BCUT2D eigenvalue weighted by Crippen LogP contribution is -2.00. The van der Waals surface area contributed by atoms with Gasteiger partial charge in [0, 0.05) is 58.8 Å². The SMILES string of the molecule is c1ccc(-c2ccc(-c3nc(-c4ccccc4)nc(-c4cccc5c4sc4c(-c6cc(-c7ccccc7)cc7c6oc6ccccc67)cccc45)n3)cc2)cc1. The molecular formula is C51H31N3OS. The van der Waals surface area contributed by atoms with Crippen molar-refractivity contribution in [3.8, 4) is 67.5 Å². The van der Waals surface area contributed by atoms with Crippen LogP contribution < -0.4 is 0 Å².